The summed E-state index contributed by atoms with van der Waals surface area (Å²) < 4.78 is 1.11. The topological polar surface area (TPSA) is 15.3 Å². The van der Waals surface area contributed by atoms with E-state index in [-0.39, 0.29) is 0 Å². The number of hydrogen-bond donors (Lipinski definition) is 1. The molecule has 1 aromatic rings. The lowest BCUT2D eigenvalue weighted by Gasteiger charge is -2.36. The summed E-state index contributed by atoms with van der Waals surface area (Å²) in [6, 6.07) is 6.82. The van der Waals surface area contributed by atoms with Crippen LogP contribution in [-0.4, -0.2) is 31.1 Å². The monoisotopic (exact) mass is 344 g/mol. The van der Waals surface area contributed by atoms with Crippen molar-refractivity contribution in [2.45, 2.75) is 38.3 Å². The first-order valence-electron chi connectivity index (χ1n) is 7.03. The molecule has 19 heavy (non-hydrogen) atoms. The van der Waals surface area contributed by atoms with E-state index < -0.39 is 0 Å². The summed E-state index contributed by atoms with van der Waals surface area (Å²) in [5.74, 6) is 0. The molecule has 1 atom stereocenters. The van der Waals surface area contributed by atoms with Gasteiger partial charge in [0.15, 0.2) is 0 Å². The molecule has 1 aliphatic rings. The third-order valence-corrected chi connectivity index (χ3v) is 4.72. The van der Waals surface area contributed by atoms with Crippen molar-refractivity contribution in [1.29, 1.82) is 0 Å². The summed E-state index contributed by atoms with van der Waals surface area (Å²) in [5, 5.41) is 4.14. The zero-order valence-electron chi connectivity index (χ0n) is 11.5. The van der Waals surface area contributed by atoms with Gasteiger partial charge in [-0.2, -0.15) is 0 Å². The first kappa shape index (κ1) is 15.3. The summed E-state index contributed by atoms with van der Waals surface area (Å²) in [6.45, 7) is 3.25. The molecule has 0 aliphatic carbocycles. The molecule has 4 heteroatoms. The largest absolute Gasteiger partial charge is 0.320 e. The van der Waals surface area contributed by atoms with Gasteiger partial charge in [-0.15, -0.1) is 0 Å². The molecule has 1 fully saturated rings. The fraction of sp³-hybridized carbons (Fsp3) is 0.600. The van der Waals surface area contributed by atoms with Crippen molar-refractivity contribution in [2.75, 3.05) is 20.1 Å². The van der Waals surface area contributed by atoms with E-state index in [0.29, 0.717) is 6.04 Å². The zero-order chi connectivity index (χ0) is 13.7. The van der Waals surface area contributed by atoms with Crippen LogP contribution in [0, 0.1) is 0 Å². The predicted molar refractivity (Wildman–Crippen MR) is 85.7 cm³/mol. The van der Waals surface area contributed by atoms with Crippen molar-refractivity contribution in [2.24, 2.45) is 0 Å². The third-order valence-electron chi connectivity index (χ3n) is 3.86. The standard InChI is InChI=1S/C15H22BrClN2/c1-18-8-7-14-4-2-3-9-19(14)11-12-10-13(16)5-6-15(12)17/h5-6,10,14,18H,2-4,7-9,11H2,1H3. The Bertz CT molecular complexity index is 411. The Morgan fingerprint density at radius 3 is 3.05 bits per heavy atom. The maximum atomic E-state index is 6.31. The van der Waals surface area contributed by atoms with Crippen LogP contribution in [0.25, 0.3) is 0 Å². The minimum atomic E-state index is 0.691. The van der Waals surface area contributed by atoms with Crippen LogP contribution in [-0.2, 0) is 6.54 Å². The minimum absolute atomic E-state index is 0.691. The van der Waals surface area contributed by atoms with Gasteiger partial charge in [-0.3, -0.25) is 4.90 Å². The van der Waals surface area contributed by atoms with E-state index in [1.807, 2.05) is 19.2 Å². The Morgan fingerprint density at radius 2 is 2.26 bits per heavy atom. The molecule has 1 heterocycles. The van der Waals surface area contributed by atoms with Gasteiger partial charge >= 0.3 is 0 Å². The van der Waals surface area contributed by atoms with Gasteiger partial charge in [0.2, 0.25) is 0 Å². The van der Waals surface area contributed by atoms with Gasteiger partial charge in [0.1, 0.15) is 0 Å². The second-order valence-electron chi connectivity index (χ2n) is 5.25. The summed E-state index contributed by atoms with van der Waals surface area (Å²) in [6.07, 6.45) is 5.20. The van der Waals surface area contributed by atoms with Gasteiger partial charge in [-0.25, -0.2) is 0 Å². The lowest BCUT2D eigenvalue weighted by molar-refractivity contribution is 0.132. The van der Waals surface area contributed by atoms with E-state index >= 15 is 0 Å². The molecular weight excluding hydrogens is 324 g/mol. The minimum Gasteiger partial charge on any atom is -0.320 e. The second-order valence-corrected chi connectivity index (χ2v) is 6.57. The lowest BCUT2D eigenvalue weighted by atomic mass is 9.98. The normalized spacial score (nSPS) is 20.7. The number of hydrogen-bond acceptors (Lipinski definition) is 2. The van der Waals surface area contributed by atoms with Crippen LogP contribution in [0.15, 0.2) is 22.7 Å². The summed E-state index contributed by atoms with van der Waals surface area (Å²) in [7, 11) is 2.03. The highest BCUT2D eigenvalue weighted by Crippen LogP contribution is 2.26. The average Bonchev–Trinajstić information content (AvgIpc) is 2.42. The molecule has 1 N–H and O–H groups in total. The van der Waals surface area contributed by atoms with Crippen molar-refractivity contribution >= 4 is 27.5 Å². The van der Waals surface area contributed by atoms with Crippen LogP contribution >= 0.6 is 27.5 Å². The summed E-state index contributed by atoms with van der Waals surface area (Å²) in [4.78, 5) is 2.59. The van der Waals surface area contributed by atoms with Gasteiger partial charge in [0.05, 0.1) is 0 Å². The van der Waals surface area contributed by atoms with Crippen molar-refractivity contribution in [1.82, 2.24) is 10.2 Å². The van der Waals surface area contributed by atoms with Gasteiger partial charge in [0.25, 0.3) is 0 Å². The number of nitrogens with one attached hydrogen (secondary N) is 1. The van der Waals surface area contributed by atoms with E-state index in [4.69, 9.17) is 11.6 Å². The Balaban J connectivity index is 2.04. The van der Waals surface area contributed by atoms with Gasteiger partial charge < -0.3 is 5.32 Å². The van der Waals surface area contributed by atoms with Gasteiger partial charge in [0, 0.05) is 22.1 Å². The van der Waals surface area contributed by atoms with Crippen molar-refractivity contribution in [3.63, 3.8) is 0 Å². The van der Waals surface area contributed by atoms with Crippen LogP contribution in [0.1, 0.15) is 31.2 Å². The predicted octanol–water partition coefficient (Wildman–Crippen LogP) is 4.07. The van der Waals surface area contributed by atoms with Crippen LogP contribution < -0.4 is 5.32 Å². The quantitative estimate of drug-likeness (QED) is 0.865. The molecule has 0 saturated carbocycles. The number of likely N-dealkylation sites (tertiary alicyclic amines) is 1. The highest BCUT2D eigenvalue weighted by Gasteiger charge is 2.22. The molecule has 1 unspecified atom stereocenters. The maximum absolute atomic E-state index is 6.31. The molecule has 0 spiro atoms. The fourth-order valence-electron chi connectivity index (χ4n) is 2.79. The SMILES string of the molecule is CNCCC1CCCCN1Cc1cc(Br)ccc1Cl. The van der Waals surface area contributed by atoms with Crippen LogP contribution in [0.2, 0.25) is 5.02 Å². The summed E-state index contributed by atoms with van der Waals surface area (Å²) >= 11 is 9.84. The average molecular weight is 346 g/mol. The van der Waals surface area contributed by atoms with Crippen LogP contribution in [0.4, 0.5) is 0 Å². The Hall–Kier alpha value is -0.0900. The molecule has 0 bridgehead atoms. The first-order chi connectivity index (χ1) is 9.20. The first-order valence-corrected chi connectivity index (χ1v) is 8.20. The Labute approximate surface area is 129 Å². The van der Waals surface area contributed by atoms with Crippen molar-refractivity contribution in [3.05, 3.63) is 33.3 Å². The molecule has 1 aromatic carbocycles. The second kappa shape index (κ2) is 7.63. The smallest absolute Gasteiger partial charge is 0.0451 e. The van der Waals surface area contributed by atoms with Crippen molar-refractivity contribution < 1.29 is 0 Å². The van der Waals surface area contributed by atoms with Crippen LogP contribution in [0.5, 0.6) is 0 Å². The molecule has 2 nitrogen and oxygen atoms in total. The number of nitrogens with zero attached hydrogens (tertiary/aromatic N) is 1. The van der Waals surface area contributed by atoms with Gasteiger partial charge in [-0.1, -0.05) is 34.0 Å². The maximum Gasteiger partial charge on any atom is 0.0451 e. The van der Waals surface area contributed by atoms with Gasteiger partial charge in [-0.05, 0) is 63.2 Å². The van der Waals surface area contributed by atoms with Crippen LogP contribution in [0.3, 0.4) is 0 Å². The summed E-state index contributed by atoms with van der Waals surface area (Å²) in [5.41, 5.74) is 1.23. The number of halogens is 2. The highest BCUT2D eigenvalue weighted by molar-refractivity contribution is 9.10. The number of benzene rings is 1. The molecule has 0 amide bonds. The third kappa shape index (κ3) is 4.45. The molecule has 0 aromatic heterocycles. The van der Waals surface area contributed by atoms with E-state index in [1.165, 1.54) is 37.8 Å². The number of rotatable bonds is 5. The molecule has 2 rings (SSSR count). The molecule has 1 aliphatic heterocycles. The fourth-order valence-corrected chi connectivity index (χ4v) is 3.38. The lowest BCUT2D eigenvalue weighted by Crippen LogP contribution is -2.40. The van der Waals surface area contributed by atoms with Crippen molar-refractivity contribution in [3.8, 4) is 0 Å². The molecule has 0 radical (unpaired) electrons. The van der Waals surface area contributed by atoms with E-state index in [2.05, 4.69) is 32.2 Å². The Kier molecular flexibility index (Phi) is 6.14. The molecular formula is C15H22BrClN2. The molecule has 1 saturated heterocycles. The Morgan fingerprint density at radius 1 is 1.42 bits per heavy atom. The highest BCUT2D eigenvalue weighted by atomic mass is 79.9. The molecule has 106 valence electrons. The van der Waals surface area contributed by atoms with E-state index in [9.17, 15) is 0 Å². The number of piperidine rings is 1. The van der Waals surface area contributed by atoms with E-state index in [0.717, 1.165) is 22.6 Å². The zero-order valence-corrected chi connectivity index (χ0v) is 13.8. The van der Waals surface area contributed by atoms with E-state index in [1.54, 1.807) is 0 Å².